The number of carbonyl (C=O) groups excluding carboxylic acids is 1. The Bertz CT molecular complexity index is 210. The minimum atomic E-state index is 0.0823. The predicted octanol–water partition coefficient (Wildman–Crippen LogP) is -0.811. The van der Waals surface area contributed by atoms with Gasteiger partial charge in [-0.3, -0.25) is 9.79 Å². The van der Waals surface area contributed by atoms with Gasteiger partial charge in [-0.2, -0.15) is 0 Å². The van der Waals surface area contributed by atoms with Crippen LogP contribution >= 0.6 is 0 Å². The standard InChI is InChI=1S/C8H16N4O/c1-10-8(9)11-5-4-7(13)12-6-2-3-6/h6H,2-5H2,1H3,(H,12,13)(H3,9,10,11). The molecule has 74 valence electrons. The Labute approximate surface area is 77.8 Å². The Morgan fingerprint density at radius 2 is 2.31 bits per heavy atom. The third-order valence-corrected chi connectivity index (χ3v) is 1.84. The first-order valence-electron chi connectivity index (χ1n) is 4.48. The summed E-state index contributed by atoms with van der Waals surface area (Å²) in [7, 11) is 1.60. The Hall–Kier alpha value is -1.26. The molecule has 1 amide bonds. The molecular weight excluding hydrogens is 168 g/mol. The second-order valence-electron chi connectivity index (χ2n) is 3.13. The molecule has 0 aliphatic heterocycles. The minimum Gasteiger partial charge on any atom is -0.370 e. The van der Waals surface area contributed by atoms with E-state index in [1.807, 2.05) is 0 Å². The van der Waals surface area contributed by atoms with E-state index in [4.69, 9.17) is 5.73 Å². The lowest BCUT2D eigenvalue weighted by Crippen LogP contribution is -2.35. The zero-order valence-corrected chi connectivity index (χ0v) is 7.84. The quantitative estimate of drug-likeness (QED) is 0.395. The van der Waals surface area contributed by atoms with E-state index >= 15 is 0 Å². The van der Waals surface area contributed by atoms with Crippen LogP contribution in [0.4, 0.5) is 0 Å². The molecule has 1 rings (SSSR count). The monoisotopic (exact) mass is 184 g/mol. The highest BCUT2D eigenvalue weighted by atomic mass is 16.1. The summed E-state index contributed by atoms with van der Waals surface area (Å²) < 4.78 is 0. The van der Waals surface area contributed by atoms with Crippen LogP contribution < -0.4 is 16.4 Å². The molecular formula is C8H16N4O. The third-order valence-electron chi connectivity index (χ3n) is 1.84. The van der Waals surface area contributed by atoms with E-state index in [9.17, 15) is 4.79 Å². The van der Waals surface area contributed by atoms with Gasteiger partial charge in [0, 0.05) is 26.1 Å². The molecule has 5 heteroatoms. The Morgan fingerprint density at radius 3 is 2.85 bits per heavy atom. The van der Waals surface area contributed by atoms with Gasteiger partial charge in [-0.25, -0.2) is 0 Å². The van der Waals surface area contributed by atoms with Gasteiger partial charge in [0.2, 0.25) is 5.91 Å². The molecule has 1 saturated carbocycles. The van der Waals surface area contributed by atoms with Crippen LogP contribution in [0.15, 0.2) is 4.99 Å². The van der Waals surface area contributed by atoms with Crippen LogP contribution in [0.3, 0.4) is 0 Å². The SMILES string of the molecule is CN=C(N)NCCC(=O)NC1CC1. The molecule has 1 aliphatic carbocycles. The number of guanidine groups is 1. The van der Waals surface area contributed by atoms with Crippen molar-refractivity contribution in [2.45, 2.75) is 25.3 Å². The fourth-order valence-corrected chi connectivity index (χ4v) is 0.911. The van der Waals surface area contributed by atoms with E-state index in [-0.39, 0.29) is 5.91 Å². The highest BCUT2D eigenvalue weighted by Crippen LogP contribution is 2.18. The van der Waals surface area contributed by atoms with Crippen LogP contribution in [0.1, 0.15) is 19.3 Å². The summed E-state index contributed by atoms with van der Waals surface area (Å²) in [6.07, 6.45) is 2.70. The van der Waals surface area contributed by atoms with Crippen molar-refractivity contribution in [2.75, 3.05) is 13.6 Å². The fraction of sp³-hybridized carbons (Fsp3) is 0.750. The molecule has 0 heterocycles. The van der Waals surface area contributed by atoms with E-state index in [0.29, 0.717) is 25.0 Å². The van der Waals surface area contributed by atoms with Crippen LogP contribution in [0.25, 0.3) is 0 Å². The van der Waals surface area contributed by atoms with Crippen molar-refractivity contribution in [3.8, 4) is 0 Å². The minimum absolute atomic E-state index is 0.0823. The number of hydrogen-bond acceptors (Lipinski definition) is 2. The van der Waals surface area contributed by atoms with E-state index in [1.165, 1.54) is 0 Å². The lowest BCUT2D eigenvalue weighted by atomic mass is 10.4. The molecule has 1 fully saturated rings. The Kier molecular flexibility index (Phi) is 3.54. The molecule has 0 unspecified atom stereocenters. The maximum Gasteiger partial charge on any atom is 0.221 e. The summed E-state index contributed by atoms with van der Waals surface area (Å²) in [6.45, 7) is 0.543. The van der Waals surface area contributed by atoms with Crippen LogP contribution in [0.2, 0.25) is 0 Å². The van der Waals surface area contributed by atoms with Gasteiger partial charge in [0.1, 0.15) is 0 Å². The van der Waals surface area contributed by atoms with Crippen molar-refractivity contribution in [1.29, 1.82) is 0 Å². The average molecular weight is 184 g/mol. The number of carbonyl (C=O) groups is 1. The van der Waals surface area contributed by atoms with Gasteiger partial charge in [-0.15, -0.1) is 0 Å². The molecule has 13 heavy (non-hydrogen) atoms. The zero-order valence-electron chi connectivity index (χ0n) is 7.84. The second kappa shape index (κ2) is 4.69. The molecule has 0 atom stereocenters. The van der Waals surface area contributed by atoms with E-state index in [0.717, 1.165) is 12.8 Å². The number of rotatable bonds is 4. The number of amides is 1. The lowest BCUT2D eigenvalue weighted by molar-refractivity contribution is -0.121. The highest BCUT2D eigenvalue weighted by molar-refractivity contribution is 5.80. The van der Waals surface area contributed by atoms with Gasteiger partial charge in [-0.05, 0) is 12.8 Å². The van der Waals surface area contributed by atoms with Gasteiger partial charge in [0.05, 0.1) is 0 Å². The highest BCUT2D eigenvalue weighted by Gasteiger charge is 2.22. The first-order valence-corrected chi connectivity index (χ1v) is 4.48. The van der Waals surface area contributed by atoms with Crippen molar-refractivity contribution in [3.63, 3.8) is 0 Å². The summed E-state index contributed by atoms with van der Waals surface area (Å²) in [5, 5.41) is 5.71. The van der Waals surface area contributed by atoms with Crippen molar-refractivity contribution in [3.05, 3.63) is 0 Å². The third kappa shape index (κ3) is 4.35. The molecule has 0 aromatic heterocycles. The summed E-state index contributed by atoms with van der Waals surface area (Å²) in [5.74, 6) is 0.457. The first-order chi connectivity index (χ1) is 6.22. The normalized spacial score (nSPS) is 16.8. The average Bonchev–Trinajstić information content (AvgIpc) is 2.88. The van der Waals surface area contributed by atoms with Gasteiger partial charge in [-0.1, -0.05) is 0 Å². The number of hydrogen-bond donors (Lipinski definition) is 3. The molecule has 0 saturated heterocycles. The van der Waals surface area contributed by atoms with Crippen LogP contribution in [-0.4, -0.2) is 31.5 Å². The number of nitrogens with one attached hydrogen (secondary N) is 2. The zero-order chi connectivity index (χ0) is 9.68. The summed E-state index contributed by atoms with van der Waals surface area (Å²) >= 11 is 0. The van der Waals surface area contributed by atoms with Crippen LogP contribution in [0.5, 0.6) is 0 Å². The maximum atomic E-state index is 11.1. The topological polar surface area (TPSA) is 79.5 Å². The number of nitrogens with two attached hydrogens (primary N) is 1. The van der Waals surface area contributed by atoms with E-state index in [2.05, 4.69) is 15.6 Å². The van der Waals surface area contributed by atoms with Gasteiger partial charge < -0.3 is 16.4 Å². The van der Waals surface area contributed by atoms with Crippen LogP contribution in [0, 0.1) is 0 Å². The van der Waals surface area contributed by atoms with Crippen molar-refractivity contribution in [2.24, 2.45) is 10.7 Å². The second-order valence-corrected chi connectivity index (χ2v) is 3.13. The lowest BCUT2D eigenvalue weighted by Gasteiger charge is -2.04. The fourth-order valence-electron chi connectivity index (χ4n) is 0.911. The molecule has 4 N–H and O–H groups in total. The van der Waals surface area contributed by atoms with Crippen molar-refractivity contribution >= 4 is 11.9 Å². The van der Waals surface area contributed by atoms with Gasteiger partial charge >= 0.3 is 0 Å². The molecule has 0 radical (unpaired) electrons. The largest absolute Gasteiger partial charge is 0.370 e. The van der Waals surface area contributed by atoms with Gasteiger partial charge in [0.15, 0.2) is 5.96 Å². The summed E-state index contributed by atoms with van der Waals surface area (Å²) in [5.41, 5.74) is 5.38. The number of aliphatic imine (C=N–C) groups is 1. The van der Waals surface area contributed by atoms with E-state index < -0.39 is 0 Å². The van der Waals surface area contributed by atoms with Crippen molar-refractivity contribution < 1.29 is 4.79 Å². The Balaban J connectivity index is 2.00. The maximum absolute atomic E-state index is 11.1. The molecule has 0 spiro atoms. The Morgan fingerprint density at radius 1 is 1.62 bits per heavy atom. The molecule has 0 aromatic carbocycles. The van der Waals surface area contributed by atoms with Crippen molar-refractivity contribution in [1.82, 2.24) is 10.6 Å². The molecule has 1 aliphatic rings. The molecule has 5 nitrogen and oxygen atoms in total. The molecule has 0 bridgehead atoms. The summed E-state index contributed by atoms with van der Waals surface area (Å²) in [4.78, 5) is 14.8. The first kappa shape index (κ1) is 9.83. The molecule has 0 aromatic rings. The number of nitrogens with zero attached hydrogens (tertiary/aromatic N) is 1. The smallest absolute Gasteiger partial charge is 0.221 e. The van der Waals surface area contributed by atoms with E-state index in [1.54, 1.807) is 7.05 Å². The van der Waals surface area contributed by atoms with Gasteiger partial charge in [0.25, 0.3) is 0 Å². The van der Waals surface area contributed by atoms with Crippen LogP contribution in [-0.2, 0) is 4.79 Å². The predicted molar refractivity (Wildman–Crippen MR) is 51.3 cm³/mol. The summed E-state index contributed by atoms with van der Waals surface area (Å²) in [6, 6.07) is 0.435.